The minimum atomic E-state index is 0.476. The minimum Gasteiger partial charge on any atom is -0.399 e. The number of carbonyl (C=O) groups is 1. The lowest BCUT2D eigenvalue weighted by Gasteiger charge is -1.99. The molecule has 3 nitrogen and oxygen atoms in total. The molecule has 0 aliphatic carbocycles. The van der Waals surface area contributed by atoms with E-state index in [1.807, 2.05) is 12.1 Å². The summed E-state index contributed by atoms with van der Waals surface area (Å²) in [5, 5.41) is 4.74. The zero-order valence-corrected chi connectivity index (χ0v) is 16.1. The topological polar surface area (TPSA) is 38.7 Å². The van der Waals surface area contributed by atoms with Crippen molar-refractivity contribution >= 4 is 67.6 Å². The van der Waals surface area contributed by atoms with Crippen LogP contribution in [-0.4, -0.2) is 19.6 Å². The molecule has 0 fully saturated rings. The SMILES string of the molecule is CON=Cc1c(Cl)cccc1Br.O=Cc1c(Cl)cccc1Br. The van der Waals surface area contributed by atoms with Crippen molar-refractivity contribution in [2.45, 2.75) is 0 Å². The molecule has 0 radical (unpaired) electrons. The number of carbonyl (C=O) groups excluding carboxylic acids is 1. The number of halogens is 4. The Bertz CT molecular complexity index is 638. The average molecular weight is 468 g/mol. The van der Waals surface area contributed by atoms with Crippen LogP contribution in [-0.2, 0) is 4.84 Å². The molecule has 0 unspecified atom stereocenters. The molecule has 2 rings (SSSR count). The van der Waals surface area contributed by atoms with Gasteiger partial charge in [-0.2, -0.15) is 0 Å². The number of hydrogen-bond donors (Lipinski definition) is 0. The molecule has 0 aliphatic rings. The van der Waals surface area contributed by atoms with Crippen LogP contribution in [0.2, 0.25) is 10.0 Å². The highest BCUT2D eigenvalue weighted by molar-refractivity contribution is 9.10. The molecule has 0 atom stereocenters. The Hall–Kier alpha value is -0.880. The summed E-state index contributed by atoms with van der Waals surface area (Å²) in [6, 6.07) is 10.8. The fourth-order valence-electron chi connectivity index (χ4n) is 1.36. The van der Waals surface area contributed by atoms with Crippen LogP contribution in [0.4, 0.5) is 0 Å². The van der Waals surface area contributed by atoms with Crippen molar-refractivity contribution in [1.82, 2.24) is 0 Å². The Balaban J connectivity index is 0.000000224. The molecule has 116 valence electrons. The molecule has 0 aliphatic heterocycles. The second-order valence-electron chi connectivity index (χ2n) is 3.81. The molecule has 0 amide bonds. The van der Waals surface area contributed by atoms with Crippen LogP contribution >= 0.6 is 55.1 Å². The smallest absolute Gasteiger partial charge is 0.152 e. The number of rotatable bonds is 3. The van der Waals surface area contributed by atoms with Crippen molar-refractivity contribution < 1.29 is 9.63 Å². The first-order valence-corrected chi connectivity index (χ1v) is 8.25. The minimum absolute atomic E-state index is 0.476. The van der Waals surface area contributed by atoms with Crippen molar-refractivity contribution in [1.29, 1.82) is 0 Å². The zero-order valence-electron chi connectivity index (χ0n) is 11.4. The van der Waals surface area contributed by atoms with Gasteiger partial charge in [-0.1, -0.05) is 72.4 Å². The highest BCUT2D eigenvalue weighted by Crippen LogP contribution is 2.23. The molecule has 7 heteroatoms. The van der Waals surface area contributed by atoms with E-state index in [9.17, 15) is 4.79 Å². The van der Waals surface area contributed by atoms with E-state index in [1.54, 1.807) is 30.5 Å². The molecule has 0 saturated carbocycles. The van der Waals surface area contributed by atoms with Crippen LogP contribution in [0.3, 0.4) is 0 Å². The third kappa shape index (κ3) is 5.72. The summed E-state index contributed by atoms with van der Waals surface area (Å²) in [6.07, 6.45) is 2.29. The lowest BCUT2D eigenvalue weighted by Crippen LogP contribution is -1.85. The number of oxime groups is 1. The van der Waals surface area contributed by atoms with Gasteiger partial charge in [0.05, 0.1) is 16.3 Å². The van der Waals surface area contributed by atoms with Crippen LogP contribution < -0.4 is 0 Å². The summed E-state index contributed by atoms with van der Waals surface area (Å²) in [5.41, 5.74) is 1.32. The van der Waals surface area contributed by atoms with Crippen molar-refractivity contribution in [2.24, 2.45) is 5.16 Å². The van der Waals surface area contributed by atoms with Crippen LogP contribution in [0.25, 0.3) is 0 Å². The van der Waals surface area contributed by atoms with Crippen LogP contribution in [0.1, 0.15) is 15.9 Å². The molecule has 0 spiro atoms. The van der Waals surface area contributed by atoms with E-state index in [1.165, 1.54) is 7.11 Å². The summed E-state index contributed by atoms with van der Waals surface area (Å²) < 4.78 is 1.63. The van der Waals surface area contributed by atoms with E-state index in [-0.39, 0.29) is 0 Å². The highest BCUT2D eigenvalue weighted by atomic mass is 79.9. The largest absolute Gasteiger partial charge is 0.399 e. The van der Waals surface area contributed by atoms with Gasteiger partial charge in [0.2, 0.25) is 0 Å². The zero-order chi connectivity index (χ0) is 16.5. The number of hydrogen-bond acceptors (Lipinski definition) is 3. The maximum Gasteiger partial charge on any atom is 0.152 e. The molecule has 0 N–H and O–H groups in total. The Morgan fingerprint density at radius 3 is 1.86 bits per heavy atom. The van der Waals surface area contributed by atoms with Crippen LogP contribution in [0.5, 0.6) is 0 Å². The van der Waals surface area contributed by atoms with Crippen molar-refractivity contribution in [2.75, 3.05) is 7.11 Å². The number of nitrogens with zero attached hydrogens (tertiary/aromatic N) is 1. The first kappa shape index (κ1) is 19.2. The third-order valence-corrected chi connectivity index (χ3v) is 4.45. The van der Waals surface area contributed by atoms with E-state index < -0.39 is 0 Å². The van der Waals surface area contributed by atoms with Gasteiger partial charge in [-0.25, -0.2) is 0 Å². The van der Waals surface area contributed by atoms with Crippen molar-refractivity contribution in [3.05, 3.63) is 66.5 Å². The van der Waals surface area contributed by atoms with Crippen LogP contribution in [0, 0.1) is 0 Å². The maximum atomic E-state index is 10.3. The quantitative estimate of drug-likeness (QED) is 0.315. The molecule has 22 heavy (non-hydrogen) atoms. The van der Waals surface area contributed by atoms with Gasteiger partial charge >= 0.3 is 0 Å². The van der Waals surface area contributed by atoms with E-state index in [2.05, 4.69) is 41.9 Å². The molecule has 0 saturated heterocycles. The Morgan fingerprint density at radius 2 is 1.50 bits per heavy atom. The van der Waals surface area contributed by atoms with Gasteiger partial charge < -0.3 is 4.84 Å². The van der Waals surface area contributed by atoms with Crippen molar-refractivity contribution in [3.8, 4) is 0 Å². The summed E-state index contributed by atoms with van der Waals surface area (Å²) in [7, 11) is 1.49. The average Bonchev–Trinajstić information content (AvgIpc) is 2.48. The highest BCUT2D eigenvalue weighted by Gasteiger charge is 2.01. The molecular weight excluding hydrogens is 457 g/mol. The number of aldehydes is 1. The predicted molar refractivity (Wildman–Crippen MR) is 98.3 cm³/mol. The summed E-state index contributed by atoms with van der Waals surface area (Å²) in [4.78, 5) is 14.9. The number of benzene rings is 2. The maximum absolute atomic E-state index is 10.3. The van der Waals surface area contributed by atoms with Gasteiger partial charge in [-0.15, -0.1) is 0 Å². The van der Waals surface area contributed by atoms with E-state index in [0.29, 0.717) is 15.6 Å². The predicted octanol–water partition coefficient (Wildman–Crippen LogP) is 6.00. The van der Waals surface area contributed by atoms with Gasteiger partial charge in [0.15, 0.2) is 6.29 Å². The monoisotopic (exact) mass is 465 g/mol. The normalized spacial score (nSPS) is 10.0. The summed E-state index contributed by atoms with van der Waals surface area (Å²) in [6.45, 7) is 0. The van der Waals surface area contributed by atoms with E-state index >= 15 is 0 Å². The second-order valence-corrected chi connectivity index (χ2v) is 6.33. The molecule has 2 aromatic rings. The Kier molecular flexibility index (Phi) is 8.71. The summed E-state index contributed by atoms with van der Waals surface area (Å²) >= 11 is 18.1. The van der Waals surface area contributed by atoms with Gasteiger partial charge in [0.25, 0.3) is 0 Å². The first-order valence-electron chi connectivity index (χ1n) is 5.91. The molecule has 2 aromatic carbocycles. The second kappa shape index (κ2) is 10.0. The first-order chi connectivity index (χ1) is 10.5. The van der Waals surface area contributed by atoms with Crippen LogP contribution in [0.15, 0.2) is 50.5 Å². The lowest BCUT2D eigenvalue weighted by molar-refractivity contribution is 0.112. The standard InChI is InChI=1S/C8H7BrClNO.C7H4BrClO/c1-12-11-5-6-7(9)3-2-4-8(6)10;8-6-2-1-3-7(9)5(6)4-10/h2-5H,1H3;1-4H. The van der Waals surface area contributed by atoms with Gasteiger partial charge in [0, 0.05) is 20.1 Å². The Morgan fingerprint density at radius 1 is 1.00 bits per heavy atom. The molecule has 0 heterocycles. The Labute approximate surface area is 155 Å². The molecule has 0 bridgehead atoms. The van der Waals surface area contributed by atoms with Gasteiger partial charge in [0.1, 0.15) is 7.11 Å². The van der Waals surface area contributed by atoms with Gasteiger partial charge in [-0.3, -0.25) is 4.79 Å². The fraction of sp³-hybridized carbons (Fsp3) is 0.0667. The van der Waals surface area contributed by atoms with E-state index in [0.717, 1.165) is 20.8 Å². The molecular formula is C15H11Br2Cl2NO2. The van der Waals surface area contributed by atoms with E-state index in [4.69, 9.17) is 23.2 Å². The van der Waals surface area contributed by atoms with Crippen molar-refractivity contribution in [3.63, 3.8) is 0 Å². The third-order valence-electron chi connectivity index (χ3n) is 2.40. The lowest BCUT2D eigenvalue weighted by atomic mass is 10.2. The molecule has 0 aromatic heterocycles. The summed E-state index contributed by atoms with van der Waals surface area (Å²) in [5.74, 6) is 0. The van der Waals surface area contributed by atoms with Gasteiger partial charge in [-0.05, 0) is 24.3 Å². The fourth-order valence-corrected chi connectivity index (χ4v) is 2.96.